The molecule has 0 aliphatic carbocycles. The number of halogens is 1. The summed E-state index contributed by atoms with van der Waals surface area (Å²) in [7, 11) is 1.48. The Morgan fingerprint density at radius 3 is 2.41 bits per heavy atom. The summed E-state index contributed by atoms with van der Waals surface area (Å²) in [5.41, 5.74) is 3.15. The summed E-state index contributed by atoms with van der Waals surface area (Å²) >= 11 is 2.07. The van der Waals surface area contributed by atoms with Crippen molar-refractivity contribution in [3.8, 4) is 11.5 Å². The van der Waals surface area contributed by atoms with Crippen LogP contribution in [0.25, 0.3) is 6.08 Å². The van der Waals surface area contributed by atoms with Crippen LogP contribution in [0.15, 0.2) is 66.4 Å². The molecule has 1 heterocycles. The summed E-state index contributed by atoms with van der Waals surface area (Å²) in [6, 6.07) is 16.2. The molecule has 1 saturated heterocycles. The van der Waals surface area contributed by atoms with Gasteiger partial charge < -0.3 is 25.2 Å². The fraction of sp³-hybridized carbons (Fsp3) is 0.143. The molecule has 0 saturated carbocycles. The van der Waals surface area contributed by atoms with Crippen molar-refractivity contribution in [2.75, 3.05) is 19.0 Å². The van der Waals surface area contributed by atoms with E-state index in [1.807, 2.05) is 19.1 Å². The molecule has 11 heteroatoms. The van der Waals surface area contributed by atoms with Crippen molar-refractivity contribution in [1.29, 1.82) is 0 Å². The molecular weight excluding hydrogens is 617 g/mol. The Balaban J connectivity index is 1.45. The highest BCUT2D eigenvalue weighted by molar-refractivity contribution is 14.1. The number of hydrogen-bond acceptors (Lipinski definition) is 6. The number of carboxylic acid groups (broad SMARTS) is 1. The Kier molecular flexibility index (Phi) is 8.49. The Hall–Kier alpha value is -4.39. The second kappa shape index (κ2) is 12.0. The number of ether oxygens (including phenoxy) is 2. The number of urea groups is 1. The van der Waals surface area contributed by atoms with Crippen LogP contribution in [0, 0.1) is 10.5 Å². The minimum absolute atomic E-state index is 0.0215. The van der Waals surface area contributed by atoms with E-state index in [4.69, 9.17) is 14.6 Å². The van der Waals surface area contributed by atoms with E-state index in [1.165, 1.54) is 25.3 Å². The van der Waals surface area contributed by atoms with Gasteiger partial charge in [0.1, 0.15) is 18.8 Å². The van der Waals surface area contributed by atoms with E-state index in [9.17, 15) is 19.2 Å². The lowest BCUT2D eigenvalue weighted by atomic mass is 10.1. The van der Waals surface area contributed by atoms with Crippen LogP contribution in [0.2, 0.25) is 0 Å². The monoisotopic (exact) mass is 641 g/mol. The Morgan fingerprint density at radius 1 is 1.08 bits per heavy atom. The lowest BCUT2D eigenvalue weighted by molar-refractivity contribution is -0.127. The summed E-state index contributed by atoms with van der Waals surface area (Å²) in [6.45, 7) is 1.67. The van der Waals surface area contributed by atoms with Gasteiger partial charge >= 0.3 is 12.0 Å². The third kappa shape index (κ3) is 6.74. The minimum Gasteiger partial charge on any atom is -0.493 e. The average Bonchev–Trinajstić information content (AvgIpc) is 3.16. The van der Waals surface area contributed by atoms with E-state index in [-0.39, 0.29) is 17.9 Å². The number of imide groups is 1. The van der Waals surface area contributed by atoms with Gasteiger partial charge in [0.15, 0.2) is 11.5 Å². The third-order valence-electron chi connectivity index (χ3n) is 5.75. The number of aryl methyl sites for hydroxylation is 1. The fourth-order valence-electron chi connectivity index (χ4n) is 3.73. The Bertz CT molecular complexity index is 1470. The lowest BCUT2D eigenvalue weighted by Gasteiger charge is -2.14. The van der Waals surface area contributed by atoms with Gasteiger partial charge in [-0.3, -0.25) is 9.59 Å². The first-order valence-corrected chi connectivity index (χ1v) is 12.8. The van der Waals surface area contributed by atoms with E-state index in [0.29, 0.717) is 26.3 Å². The molecule has 4 amide bonds. The van der Waals surface area contributed by atoms with Gasteiger partial charge in [0.25, 0.3) is 5.91 Å². The topological polar surface area (TPSA) is 134 Å². The standard InChI is InChI=1S/C28H24IN3O7/c1-16-3-9-20(10-4-16)30-24(33)14-32-26(34)22(31-28(32)37)12-18-11-21(29)25(23(13-18)38-2)39-15-17-5-7-19(8-6-17)27(35)36/h3-13H,14-15H2,1-2H3,(H,30,33)(H,31,37)(H,35,36)/b22-12+. The predicted octanol–water partition coefficient (Wildman–Crippen LogP) is 4.42. The average molecular weight is 641 g/mol. The number of nitrogens with one attached hydrogen (secondary N) is 2. The van der Waals surface area contributed by atoms with Crippen LogP contribution in [0.3, 0.4) is 0 Å². The van der Waals surface area contributed by atoms with Crippen molar-refractivity contribution in [3.05, 3.63) is 92.2 Å². The number of aromatic carboxylic acids is 1. The second-order valence-corrected chi connectivity index (χ2v) is 9.78. The molecule has 10 nitrogen and oxygen atoms in total. The van der Waals surface area contributed by atoms with Crippen LogP contribution in [0.5, 0.6) is 11.5 Å². The molecule has 3 N–H and O–H groups in total. The maximum absolute atomic E-state index is 12.9. The highest BCUT2D eigenvalue weighted by Crippen LogP contribution is 2.35. The van der Waals surface area contributed by atoms with E-state index in [1.54, 1.807) is 36.4 Å². The number of hydrogen-bond donors (Lipinski definition) is 3. The van der Waals surface area contributed by atoms with Crippen molar-refractivity contribution in [1.82, 2.24) is 10.2 Å². The summed E-state index contributed by atoms with van der Waals surface area (Å²) in [5.74, 6) is -1.26. The zero-order valence-electron chi connectivity index (χ0n) is 21.0. The Morgan fingerprint density at radius 2 is 1.77 bits per heavy atom. The number of anilines is 1. The number of methoxy groups -OCH3 is 1. The van der Waals surface area contributed by atoms with Gasteiger partial charge in [-0.2, -0.15) is 0 Å². The molecule has 1 aliphatic heterocycles. The summed E-state index contributed by atoms with van der Waals surface area (Å²) in [4.78, 5) is 49.6. The zero-order chi connectivity index (χ0) is 28.1. The molecule has 0 spiro atoms. The molecule has 3 aromatic carbocycles. The zero-order valence-corrected chi connectivity index (χ0v) is 23.1. The van der Waals surface area contributed by atoms with Gasteiger partial charge in [-0.1, -0.05) is 29.8 Å². The van der Waals surface area contributed by atoms with Crippen LogP contribution in [-0.2, 0) is 16.2 Å². The lowest BCUT2D eigenvalue weighted by Crippen LogP contribution is -2.38. The van der Waals surface area contributed by atoms with Gasteiger partial charge in [0, 0.05) is 5.69 Å². The van der Waals surface area contributed by atoms with Gasteiger partial charge in [-0.25, -0.2) is 14.5 Å². The SMILES string of the molecule is COc1cc(/C=C2/NC(=O)N(CC(=O)Nc3ccc(C)cc3)C2=O)cc(I)c1OCc1ccc(C(=O)O)cc1. The number of carbonyl (C=O) groups is 4. The van der Waals surface area contributed by atoms with Crippen molar-refractivity contribution >= 4 is 58.2 Å². The van der Waals surface area contributed by atoms with Crippen LogP contribution < -0.4 is 20.1 Å². The first-order chi connectivity index (χ1) is 18.6. The van der Waals surface area contributed by atoms with Crippen molar-refractivity contribution in [2.45, 2.75) is 13.5 Å². The third-order valence-corrected chi connectivity index (χ3v) is 6.55. The maximum atomic E-state index is 12.9. The second-order valence-electron chi connectivity index (χ2n) is 8.62. The molecule has 0 unspecified atom stereocenters. The predicted molar refractivity (Wildman–Crippen MR) is 151 cm³/mol. The van der Waals surface area contributed by atoms with E-state index in [0.717, 1.165) is 16.0 Å². The van der Waals surface area contributed by atoms with Crippen molar-refractivity contribution in [2.24, 2.45) is 0 Å². The minimum atomic E-state index is -1.01. The molecule has 0 radical (unpaired) electrons. The number of nitrogens with zero attached hydrogens (tertiary/aromatic N) is 1. The van der Waals surface area contributed by atoms with Crippen LogP contribution in [-0.4, -0.2) is 47.5 Å². The van der Waals surface area contributed by atoms with Gasteiger partial charge in [0.2, 0.25) is 5.91 Å². The molecule has 39 heavy (non-hydrogen) atoms. The molecule has 0 aromatic heterocycles. The summed E-state index contributed by atoms with van der Waals surface area (Å²) in [5, 5.41) is 14.2. The highest BCUT2D eigenvalue weighted by Gasteiger charge is 2.35. The van der Waals surface area contributed by atoms with E-state index in [2.05, 4.69) is 33.2 Å². The van der Waals surface area contributed by atoms with E-state index < -0.39 is 30.4 Å². The van der Waals surface area contributed by atoms with Crippen LogP contribution in [0.4, 0.5) is 10.5 Å². The van der Waals surface area contributed by atoms with Crippen molar-refractivity contribution in [3.63, 3.8) is 0 Å². The molecule has 1 aliphatic rings. The maximum Gasteiger partial charge on any atom is 0.335 e. The number of carbonyl (C=O) groups excluding carboxylic acids is 3. The molecule has 1 fully saturated rings. The summed E-state index contributed by atoms with van der Waals surface area (Å²) < 4.78 is 12.1. The molecule has 0 bridgehead atoms. The van der Waals surface area contributed by atoms with Crippen LogP contribution >= 0.6 is 22.6 Å². The highest BCUT2D eigenvalue weighted by atomic mass is 127. The molecule has 3 aromatic rings. The Labute approximate surface area is 237 Å². The van der Waals surface area contributed by atoms with Gasteiger partial charge in [-0.05, 0) is 83.1 Å². The van der Waals surface area contributed by atoms with Gasteiger partial charge in [0.05, 0.1) is 16.2 Å². The molecule has 200 valence electrons. The molecule has 4 rings (SSSR count). The number of rotatable bonds is 9. The first-order valence-electron chi connectivity index (χ1n) is 11.7. The number of amides is 4. The van der Waals surface area contributed by atoms with Crippen LogP contribution in [0.1, 0.15) is 27.0 Å². The first kappa shape index (κ1) is 27.6. The van der Waals surface area contributed by atoms with Gasteiger partial charge in [-0.15, -0.1) is 0 Å². The molecule has 0 atom stereocenters. The summed E-state index contributed by atoms with van der Waals surface area (Å²) in [6.07, 6.45) is 1.50. The number of benzene rings is 3. The molecular formula is C28H24IN3O7. The number of carboxylic acids is 1. The van der Waals surface area contributed by atoms with Crippen molar-refractivity contribution < 1.29 is 33.8 Å². The smallest absolute Gasteiger partial charge is 0.335 e. The van der Waals surface area contributed by atoms with E-state index >= 15 is 0 Å². The largest absolute Gasteiger partial charge is 0.493 e. The quantitative estimate of drug-likeness (QED) is 0.179. The fourth-order valence-corrected chi connectivity index (χ4v) is 4.51. The normalized spacial score (nSPS) is 13.8.